The van der Waals surface area contributed by atoms with Crippen molar-refractivity contribution in [2.75, 3.05) is 13.7 Å². The van der Waals surface area contributed by atoms with Gasteiger partial charge in [-0.15, -0.1) is 13.2 Å². The van der Waals surface area contributed by atoms with Crippen LogP contribution in [0.4, 0.5) is 13.2 Å². The van der Waals surface area contributed by atoms with Crippen molar-refractivity contribution >= 4 is 22.8 Å². The Balaban J connectivity index is 0.000000633. The fourth-order valence-corrected chi connectivity index (χ4v) is 2.76. The first-order valence-electron chi connectivity index (χ1n) is 9.34. The van der Waals surface area contributed by atoms with E-state index in [1.165, 1.54) is 0 Å². The van der Waals surface area contributed by atoms with Crippen molar-refractivity contribution < 1.29 is 37.7 Å². The highest BCUT2D eigenvalue weighted by atomic mass is 19.4. The molecule has 2 aromatic rings. The summed E-state index contributed by atoms with van der Waals surface area (Å²) in [5.74, 6) is -2.33. The Labute approximate surface area is 183 Å². The lowest BCUT2D eigenvalue weighted by molar-refractivity contribution is -0.192. The lowest BCUT2D eigenvalue weighted by atomic mass is 9.95. The monoisotopic (exact) mass is 454 g/mol. The summed E-state index contributed by atoms with van der Waals surface area (Å²) in [6, 6.07) is 7.15. The number of halogens is 3. The summed E-state index contributed by atoms with van der Waals surface area (Å²) in [6.07, 6.45) is -1.08. The molecule has 0 aliphatic rings. The van der Waals surface area contributed by atoms with E-state index in [-0.39, 0.29) is 12.5 Å². The molecule has 0 atom stereocenters. The lowest BCUT2D eigenvalue weighted by Gasteiger charge is -2.26. The smallest absolute Gasteiger partial charge is 0.490 e. The zero-order chi connectivity index (χ0) is 24.5. The molecule has 0 fully saturated rings. The largest absolute Gasteiger partial charge is 0.497 e. The summed E-state index contributed by atoms with van der Waals surface area (Å²) in [5.41, 5.74) is 0.861. The van der Waals surface area contributed by atoms with Crippen LogP contribution in [0.15, 0.2) is 49.6 Å². The van der Waals surface area contributed by atoms with Gasteiger partial charge < -0.3 is 20.3 Å². The third-order valence-corrected chi connectivity index (χ3v) is 4.26. The molecule has 0 saturated carbocycles. The van der Waals surface area contributed by atoms with Crippen molar-refractivity contribution in [2.45, 2.75) is 31.5 Å². The highest BCUT2D eigenvalue weighted by molar-refractivity contribution is 6.06. The average Bonchev–Trinajstić information content (AvgIpc) is 2.71. The number of nitrogens with one attached hydrogen (secondary N) is 1. The van der Waals surface area contributed by atoms with Crippen LogP contribution in [0, 0.1) is 6.92 Å². The van der Waals surface area contributed by atoms with Crippen molar-refractivity contribution in [1.82, 2.24) is 10.3 Å². The van der Waals surface area contributed by atoms with Crippen LogP contribution >= 0.6 is 0 Å². The minimum atomic E-state index is -5.08. The van der Waals surface area contributed by atoms with Gasteiger partial charge in [0, 0.05) is 23.7 Å². The Morgan fingerprint density at radius 2 is 1.75 bits per heavy atom. The molecule has 2 rings (SSSR count). The number of benzene rings is 1. The van der Waals surface area contributed by atoms with Gasteiger partial charge >= 0.3 is 12.1 Å². The predicted molar refractivity (Wildman–Crippen MR) is 114 cm³/mol. The molecule has 174 valence electrons. The number of methoxy groups -OCH3 is 1. The Bertz CT molecular complexity index is 979. The number of hydrogen-bond acceptors (Lipinski definition) is 5. The van der Waals surface area contributed by atoms with Gasteiger partial charge in [-0.3, -0.25) is 9.78 Å². The second-order valence-corrected chi connectivity index (χ2v) is 6.89. The van der Waals surface area contributed by atoms with E-state index in [9.17, 15) is 23.1 Å². The van der Waals surface area contributed by atoms with Crippen molar-refractivity contribution in [3.05, 3.63) is 60.8 Å². The van der Waals surface area contributed by atoms with Crippen LogP contribution in [-0.2, 0) is 4.79 Å². The molecule has 10 heteroatoms. The highest BCUT2D eigenvalue weighted by Gasteiger charge is 2.38. The number of aliphatic carboxylic acids is 1. The molecule has 1 heterocycles. The van der Waals surface area contributed by atoms with E-state index in [0.29, 0.717) is 29.7 Å². The second-order valence-electron chi connectivity index (χ2n) is 6.89. The van der Waals surface area contributed by atoms with E-state index in [1.54, 1.807) is 37.5 Å². The number of amides is 1. The fraction of sp³-hybridized carbons (Fsp3) is 0.318. The highest BCUT2D eigenvalue weighted by Crippen LogP contribution is 2.24. The van der Waals surface area contributed by atoms with Crippen LogP contribution in [0.5, 0.6) is 5.75 Å². The molecule has 32 heavy (non-hydrogen) atoms. The zero-order valence-corrected chi connectivity index (χ0v) is 17.7. The minimum Gasteiger partial charge on any atom is -0.497 e. The minimum absolute atomic E-state index is 0.114. The Morgan fingerprint density at radius 1 is 1.19 bits per heavy atom. The van der Waals surface area contributed by atoms with Crippen LogP contribution in [-0.4, -0.2) is 52.5 Å². The van der Waals surface area contributed by atoms with E-state index >= 15 is 0 Å². The van der Waals surface area contributed by atoms with Gasteiger partial charge in [-0.05, 0) is 38.0 Å². The van der Waals surface area contributed by atoms with Crippen molar-refractivity contribution in [3.63, 3.8) is 0 Å². The van der Waals surface area contributed by atoms with Gasteiger partial charge in [0.25, 0.3) is 5.91 Å². The number of pyridine rings is 1. The molecular weight excluding hydrogens is 429 g/mol. The van der Waals surface area contributed by atoms with E-state index in [2.05, 4.69) is 23.5 Å². The first-order valence-corrected chi connectivity index (χ1v) is 9.34. The van der Waals surface area contributed by atoms with Gasteiger partial charge in [0.05, 0.1) is 23.8 Å². The van der Waals surface area contributed by atoms with E-state index < -0.39 is 17.7 Å². The van der Waals surface area contributed by atoms with Gasteiger partial charge in [-0.1, -0.05) is 12.2 Å². The molecule has 3 N–H and O–H groups in total. The molecule has 7 nitrogen and oxygen atoms in total. The van der Waals surface area contributed by atoms with Gasteiger partial charge in [0.1, 0.15) is 5.75 Å². The number of ether oxygens (including phenoxy) is 1. The first kappa shape index (κ1) is 26.6. The fourth-order valence-electron chi connectivity index (χ4n) is 2.76. The summed E-state index contributed by atoms with van der Waals surface area (Å²) in [6.45, 7) is 9.26. The second kappa shape index (κ2) is 11.3. The van der Waals surface area contributed by atoms with Crippen LogP contribution in [0.25, 0.3) is 10.9 Å². The maximum Gasteiger partial charge on any atom is 0.490 e. The molecule has 0 aliphatic heterocycles. The molecular formula is C22H25F3N2O5. The van der Waals surface area contributed by atoms with Crippen LogP contribution in [0.1, 0.15) is 28.9 Å². The number of hydrogen-bond donors (Lipinski definition) is 3. The van der Waals surface area contributed by atoms with Crippen LogP contribution in [0.2, 0.25) is 0 Å². The van der Waals surface area contributed by atoms with Gasteiger partial charge in [-0.2, -0.15) is 13.2 Å². The normalized spacial score (nSPS) is 11.2. The van der Waals surface area contributed by atoms with Crippen molar-refractivity contribution in [3.8, 4) is 5.75 Å². The summed E-state index contributed by atoms with van der Waals surface area (Å²) >= 11 is 0. The molecule has 0 spiro atoms. The van der Waals surface area contributed by atoms with Crippen molar-refractivity contribution in [2.24, 2.45) is 0 Å². The Morgan fingerprint density at radius 3 is 2.22 bits per heavy atom. The number of fused-ring (bicyclic) bond motifs is 1. The van der Waals surface area contributed by atoms with Crippen LogP contribution in [0.3, 0.4) is 0 Å². The summed E-state index contributed by atoms with van der Waals surface area (Å²) < 4.78 is 37.0. The van der Waals surface area contributed by atoms with E-state index in [0.717, 1.165) is 11.1 Å². The predicted octanol–water partition coefficient (Wildman–Crippen LogP) is 3.80. The van der Waals surface area contributed by atoms with E-state index in [4.69, 9.17) is 14.6 Å². The molecule has 1 aromatic carbocycles. The number of alkyl halides is 3. The van der Waals surface area contributed by atoms with Gasteiger partial charge in [0.15, 0.2) is 0 Å². The maximum absolute atomic E-state index is 12.7. The van der Waals surface area contributed by atoms with Gasteiger partial charge in [-0.25, -0.2) is 4.79 Å². The Kier molecular flexibility index (Phi) is 9.39. The molecule has 0 unspecified atom stereocenters. The number of carbonyl (C=O) groups excluding carboxylic acids is 1. The Hall–Kier alpha value is -3.40. The topological polar surface area (TPSA) is 109 Å². The molecule has 1 aromatic heterocycles. The summed E-state index contributed by atoms with van der Waals surface area (Å²) in [4.78, 5) is 26.0. The number of aliphatic hydroxyl groups is 1. The number of nitrogens with zero attached hydrogens (tertiary/aromatic N) is 1. The first-order chi connectivity index (χ1) is 14.9. The SMILES string of the molecule is C=CCC(O)(CC=C)CNC(=O)c1cc(C)nc2cc(OC)ccc12.O=C(O)C(F)(F)F. The van der Waals surface area contributed by atoms with E-state index in [1.807, 2.05) is 13.0 Å². The maximum atomic E-state index is 12.7. The third-order valence-electron chi connectivity index (χ3n) is 4.26. The molecule has 0 radical (unpaired) electrons. The average molecular weight is 454 g/mol. The summed E-state index contributed by atoms with van der Waals surface area (Å²) in [5, 5.41) is 21.2. The summed E-state index contributed by atoms with van der Waals surface area (Å²) in [7, 11) is 1.59. The molecule has 0 aliphatic carbocycles. The lowest BCUT2D eigenvalue weighted by Crippen LogP contribution is -2.42. The standard InChI is InChI=1S/C20H24N2O3.C2HF3O2/c1-5-9-20(24,10-6-2)13-21-19(23)17-11-14(3)22-18-12-15(25-4)7-8-16(17)18;3-2(4,5)1(6)7/h5-8,11-12,24H,1-2,9-10,13H2,3-4H3,(H,21,23);(H,6,7). The number of carboxylic acids is 1. The number of aromatic nitrogens is 1. The zero-order valence-electron chi connectivity index (χ0n) is 17.7. The number of aryl methyl sites for hydroxylation is 1. The van der Waals surface area contributed by atoms with Gasteiger partial charge in [0.2, 0.25) is 0 Å². The number of carbonyl (C=O) groups is 2. The molecule has 1 amide bonds. The number of carboxylic acid groups (broad SMARTS) is 1. The van der Waals surface area contributed by atoms with Crippen molar-refractivity contribution in [1.29, 1.82) is 0 Å². The van der Waals surface area contributed by atoms with Crippen LogP contribution < -0.4 is 10.1 Å². The molecule has 0 saturated heterocycles. The third kappa shape index (κ3) is 7.69. The molecule has 0 bridgehead atoms. The quantitative estimate of drug-likeness (QED) is 0.524. The number of rotatable bonds is 8.